The molecule has 3 aromatic rings. The van der Waals surface area contributed by atoms with E-state index < -0.39 is 15.7 Å². The Morgan fingerprint density at radius 1 is 1.03 bits per heavy atom. The van der Waals surface area contributed by atoms with Crippen LogP contribution in [0.25, 0.3) is 5.52 Å². The van der Waals surface area contributed by atoms with Gasteiger partial charge in [0.1, 0.15) is 0 Å². The highest BCUT2D eigenvalue weighted by Gasteiger charge is 2.22. The van der Waals surface area contributed by atoms with E-state index in [0.717, 1.165) is 11.9 Å². The maximum Gasteiger partial charge on any atom is 0.276 e. The third-order valence-corrected chi connectivity index (χ3v) is 6.13. The van der Waals surface area contributed by atoms with Crippen molar-refractivity contribution in [1.29, 1.82) is 0 Å². The van der Waals surface area contributed by atoms with E-state index in [1.807, 2.05) is 24.3 Å². The van der Waals surface area contributed by atoms with Crippen molar-refractivity contribution < 1.29 is 13.2 Å². The largest absolute Gasteiger partial charge is 0.382 e. The summed E-state index contributed by atoms with van der Waals surface area (Å²) in [5.74, 6) is -0.448. The van der Waals surface area contributed by atoms with Crippen molar-refractivity contribution in [2.75, 3.05) is 16.9 Å². The van der Waals surface area contributed by atoms with Crippen molar-refractivity contribution in [3.63, 3.8) is 0 Å². The third kappa shape index (κ3) is 4.27. The molecule has 1 amide bonds. The van der Waals surface area contributed by atoms with Crippen LogP contribution in [-0.4, -0.2) is 36.0 Å². The lowest BCUT2D eigenvalue weighted by atomic mass is 9.95. The van der Waals surface area contributed by atoms with Crippen LogP contribution in [0.4, 0.5) is 11.4 Å². The lowest BCUT2D eigenvalue weighted by Gasteiger charge is -2.23. The fourth-order valence-electron chi connectivity index (χ4n) is 3.76. The number of carbonyl (C=O) groups is 1. The first-order valence-corrected chi connectivity index (χ1v) is 11.7. The summed E-state index contributed by atoms with van der Waals surface area (Å²) in [6.45, 7) is 0. The van der Waals surface area contributed by atoms with E-state index in [0.29, 0.717) is 17.2 Å². The number of imidazole rings is 1. The summed E-state index contributed by atoms with van der Waals surface area (Å²) in [6.07, 6.45) is 8.88. The fourth-order valence-corrected chi connectivity index (χ4v) is 4.53. The minimum Gasteiger partial charge on any atom is -0.382 e. The van der Waals surface area contributed by atoms with Crippen molar-refractivity contribution in [2.24, 2.45) is 0 Å². The quantitative estimate of drug-likeness (QED) is 0.666. The number of fused-ring (bicyclic) bond motifs is 1. The van der Waals surface area contributed by atoms with Crippen molar-refractivity contribution in [2.45, 2.75) is 43.3 Å². The van der Waals surface area contributed by atoms with Crippen LogP contribution in [0.2, 0.25) is 0 Å². The summed E-state index contributed by atoms with van der Waals surface area (Å²) in [5.41, 5.74) is 2.18. The molecule has 1 aromatic carbocycles. The van der Waals surface area contributed by atoms with E-state index in [1.54, 1.807) is 24.4 Å². The summed E-state index contributed by atoms with van der Waals surface area (Å²) in [7, 11) is -3.57. The molecule has 2 N–H and O–H groups in total. The van der Waals surface area contributed by atoms with E-state index in [1.165, 1.54) is 36.5 Å². The topological polar surface area (TPSA) is 92.6 Å². The number of aromatic nitrogens is 2. The Bertz CT molecular complexity index is 1130. The van der Waals surface area contributed by atoms with E-state index in [2.05, 4.69) is 15.6 Å². The first-order valence-electron chi connectivity index (χ1n) is 9.77. The molecule has 0 spiro atoms. The fraction of sp³-hybridized carbons (Fsp3) is 0.333. The highest BCUT2D eigenvalue weighted by Crippen LogP contribution is 2.23. The monoisotopic (exact) mass is 412 g/mol. The molecular weight excluding hydrogens is 388 g/mol. The van der Waals surface area contributed by atoms with Gasteiger partial charge < -0.3 is 10.6 Å². The number of rotatable bonds is 5. The van der Waals surface area contributed by atoms with Gasteiger partial charge in [0.05, 0.1) is 5.52 Å². The maximum absolute atomic E-state index is 12.8. The Labute approximate surface area is 170 Å². The molecule has 2 aromatic heterocycles. The summed E-state index contributed by atoms with van der Waals surface area (Å²) in [6, 6.07) is 13.2. The Morgan fingerprint density at radius 3 is 2.41 bits per heavy atom. The minimum atomic E-state index is -3.57. The van der Waals surface area contributed by atoms with Crippen molar-refractivity contribution in [3.8, 4) is 0 Å². The van der Waals surface area contributed by atoms with E-state index in [9.17, 15) is 13.2 Å². The number of pyridine rings is 1. The molecule has 2 heterocycles. The van der Waals surface area contributed by atoms with Crippen molar-refractivity contribution in [1.82, 2.24) is 9.38 Å². The second-order valence-electron chi connectivity index (χ2n) is 7.48. The average molecular weight is 413 g/mol. The number of benzene rings is 1. The second-order valence-corrected chi connectivity index (χ2v) is 9.39. The van der Waals surface area contributed by atoms with Gasteiger partial charge in [-0.05, 0) is 49.2 Å². The van der Waals surface area contributed by atoms with Crippen LogP contribution < -0.4 is 10.6 Å². The molecule has 7 nitrogen and oxygen atoms in total. The second kappa shape index (κ2) is 7.87. The highest BCUT2D eigenvalue weighted by molar-refractivity contribution is 7.90. The first-order chi connectivity index (χ1) is 13.9. The molecule has 0 bridgehead atoms. The lowest BCUT2D eigenvalue weighted by molar-refractivity contribution is 0.102. The van der Waals surface area contributed by atoms with Crippen LogP contribution in [-0.2, 0) is 9.84 Å². The number of anilines is 2. The van der Waals surface area contributed by atoms with E-state index in [-0.39, 0.29) is 10.9 Å². The molecule has 0 atom stereocenters. The predicted octanol–water partition coefficient (Wildman–Crippen LogP) is 3.73. The van der Waals surface area contributed by atoms with Crippen LogP contribution in [0, 0.1) is 0 Å². The SMILES string of the molecule is CS(=O)(=O)c1nc(C(=O)Nc2ccc(NC3CCCCC3)cc2)c2ccccn12. The smallest absolute Gasteiger partial charge is 0.276 e. The zero-order valence-electron chi connectivity index (χ0n) is 16.3. The van der Waals surface area contributed by atoms with Gasteiger partial charge >= 0.3 is 0 Å². The molecule has 8 heteroatoms. The van der Waals surface area contributed by atoms with Gasteiger partial charge in [0.15, 0.2) is 5.69 Å². The molecule has 1 fully saturated rings. The Balaban J connectivity index is 1.52. The summed E-state index contributed by atoms with van der Waals surface area (Å²) in [5, 5.41) is 6.20. The molecular formula is C21H24N4O3S. The van der Waals surface area contributed by atoms with Crippen molar-refractivity contribution >= 4 is 32.6 Å². The Hall–Kier alpha value is -2.87. The number of hydrogen-bond donors (Lipinski definition) is 2. The van der Waals surface area contributed by atoms with Gasteiger partial charge in [0.25, 0.3) is 5.91 Å². The van der Waals surface area contributed by atoms with Crippen LogP contribution in [0.1, 0.15) is 42.6 Å². The number of nitrogens with one attached hydrogen (secondary N) is 2. The number of carbonyl (C=O) groups excluding carboxylic acids is 1. The molecule has 0 aliphatic heterocycles. The average Bonchev–Trinajstić information content (AvgIpc) is 3.11. The summed E-state index contributed by atoms with van der Waals surface area (Å²) < 4.78 is 25.5. The number of sulfone groups is 1. The standard InChI is InChI=1S/C21H24N4O3S/c1-29(27,28)21-24-19(18-9-5-6-14-25(18)21)20(26)23-17-12-10-16(11-13-17)22-15-7-3-2-4-8-15/h5-6,9-15,22H,2-4,7-8H2,1H3,(H,23,26). The molecule has 1 aliphatic carbocycles. The van der Waals surface area contributed by atoms with Crippen LogP contribution in [0.5, 0.6) is 0 Å². The van der Waals surface area contributed by atoms with Crippen LogP contribution >= 0.6 is 0 Å². The minimum absolute atomic E-state index is 0.0791. The van der Waals surface area contributed by atoms with Crippen molar-refractivity contribution in [3.05, 3.63) is 54.4 Å². The Morgan fingerprint density at radius 2 is 1.72 bits per heavy atom. The van der Waals surface area contributed by atoms with Gasteiger partial charge in [0.2, 0.25) is 15.0 Å². The maximum atomic E-state index is 12.8. The molecule has 29 heavy (non-hydrogen) atoms. The van der Waals surface area contributed by atoms with Gasteiger partial charge in [-0.15, -0.1) is 0 Å². The lowest BCUT2D eigenvalue weighted by Crippen LogP contribution is -2.22. The summed E-state index contributed by atoms with van der Waals surface area (Å²) >= 11 is 0. The third-order valence-electron chi connectivity index (χ3n) is 5.18. The first kappa shape index (κ1) is 19.4. The molecule has 0 unspecified atom stereocenters. The van der Waals surface area contributed by atoms with Gasteiger partial charge in [-0.25, -0.2) is 13.4 Å². The van der Waals surface area contributed by atoms with Crippen LogP contribution in [0.3, 0.4) is 0 Å². The zero-order chi connectivity index (χ0) is 20.4. The number of hydrogen-bond acceptors (Lipinski definition) is 5. The van der Waals surface area contributed by atoms with Crippen LogP contribution in [0.15, 0.2) is 53.8 Å². The normalized spacial score (nSPS) is 15.3. The van der Waals surface area contributed by atoms with E-state index >= 15 is 0 Å². The van der Waals surface area contributed by atoms with E-state index in [4.69, 9.17) is 0 Å². The molecule has 1 saturated carbocycles. The number of amides is 1. The van der Waals surface area contributed by atoms with Gasteiger partial charge in [-0.3, -0.25) is 9.20 Å². The molecule has 0 radical (unpaired) electrons. The molecule has 4 rings (SSSR count). The molecule has 0 saturated heterocycles. The predicted molar refractivity (Wildman–Crippen MR) is 113 cm³/mol. The Kier molecular flexibility index (Phi) is 5.27. The zero-order valence-corrected chi connectivity index (χ0v) is 17.1. The van der Waals surface area contributed by atoms with Gasteiger partial charge in [0, 0.05) is 29.9 Å². The van der Waals surface area contributed by atoms with Gasteiger partial charge in [-0.1, -0.05) is 25.3 Å². The van der Waals surface area contributed by atoms with Gasteiger partial charge in [-0.2, -0.15) is 0 Å². The molecule has 1 aliphatic rings. The highest BCUT2D eigenvalue weighted by atomic mass is 32.2. The molecule has 152 valence electrons. The summed E-state index contributed by atoms with van der Waals surface area (Å²) in [4.78, 5) is 16.9. The number of nitrogens with zero attached hydrogens (tertiary/aromatic N) is 2.